The number of halogens is 2. The topological polar surface area (TPSA) is 117 Å². The second kappa shape index (κ2) is 15.8. The summed E-state index contributed by atoms with van der Waals surface area (Å²) in [4.78, 5) is 28.7. The minimum absolute atomic E-state index is 0.359. The highest BCUT2D eigenvalue weighted by molar-refractivity contribution is 9.10. The zero-order valence-electron chi connectivity index (χ0n) is 22.2. The summed E-state index contributed by atoms with van der Waals surface area (Å²) in [5, 5.41) is 16.4. The van der Waals surface area contributed by atoms with Gasteiger partial charge in [-0.3, -0.25) is 14.7 Å². The number of fused-ring (bicyclic) bond motifs is 1. The number of nitrogens with one attached hydrogen (secondary N) is 2. The third-order valence-corrected chi connectivity index (χ3v) is 6.08. The van der Waals surface area contributed by atoms with Crippen LogP contribution in [0.3, 0.4) is 0 Å². The van der Waals surface area contributed by atoms with Crippen LogP contribution in [0, 0.1) is 29.1 Å². The molecule has 1 fully saturated rings. The van der Waals surface area contributed by atoms with Crippen LogP contribution < -0.4 is 10.6 Å². The summed E-state index contributed by atoms with van der Waals surface area (Å²) in [6.45, 7) is 7.86. The molecule has 208 valence electrons. The molecule has 1 aromatic heterocycles. The summed E-state index contributed by atoms with van der Waals surface area (Å²) in [5.41, 5.74) is 2.43. The van der Waals surface area contributed by atoms with Gasteiger partial charge in [0, 0.05) is 52.1 Å². The summed E-state index contributed by atoms with van der Waals surface area (Å²) < 4.78 is 10.7. The molecule has 40 heavy (non-hydrogen) atoms. The maximum Gasteiger partial charge on any atom is 0.403 e. The number of hydrogen-bond acceptors (Lipinski definition) is 8. The molecule has 11 heteroatoms. The average Bonchev–Trinajstić information content (AvgIpc) is 2.93. The van der Waals surface area contributed by atoms with E-state index < -0.39 is 5.43 Å². The van der Waals surface area contributed by atoms with E-state index in [1.165, 1.54) is 6.20 Å². The summed E-state index contributed by atoms with van der Waals surface area (Å²) >= 11 is 8.32. The second-order valence-electron chi connectivity index (χ2n) is 9.11. The third kappa shape index (κ3) is 10.1. The number of carbonyl (C=O) groups excluding carboxylic acids is 2. The fourth-order valence-corrected chi connectivity index (χ4v) is 4.05. The number of hydrogen-bond donors (Lipinski definition) is 2. The number of ether oxygens (including phenoxy) is 2. The van der Waals surface area contributed by atoms with Gasteiger partial charge in [-0.05, 0) is 48.2 Å². The molecular weight excluding hydrogens is 598 g/mol. The SMILES string of the molecule is CC(C)COC(=O)Cl.N#Cc1cnc2ccc(NC(=O)C#CCN3CCOCC3)cc2c1Nc1cccc(Br)c1. The molecule has 0 saturated carbocycles. The van der Waals surface area contributed by atoms with Crippen LogP contribution in [0.4, 0.5) is 21.9 Å². The molecule has 0 atom stereocenters. The Morgan fingerprint density at radius 2 is 1.98 bits per heavy atom. The Kier molecular flexibility index (Phi) is 12.2. The van der Waals surface area contributed by atoms with E-state index in [1.54, 1.807) is 18.2 Å². The van der Waals surface area contributed by atoms with Gasteiger partial charge >= 0.3 is 5.43 Å². The molecule has 2 aromatic carbocycles. The molecule has 0 unspecified atom stereocenters. The fourth-order valence-electron chi connectivity index (χ4n) is 3.59. The summed E-state index contributed by atoms with van der Waals surface area (Å²) in [5.74, 6) is 5.53. The second-order valence-corrected chi connectivity index (χ2v) is 10.3. The van der Waals surface area contributed by atoms with Gasteiger partial charge in [-0.1, -0.05) is 41.8 Å². The van der Waals surface area contributed by atoms with Crippen molar-refractivity contribution in [1.29, 1.82) is 5.26 Å². The lowest BCUT2D eigenvalue weighted by molar-refractivity contribution is -0.111. The summed E-state index contributed by atoms with van der Waals surface area (Å²) in [6.07, 6.45) is 1.54. The van der Waals surface area contributed by atoms with Gasteiger partial charge < -0.3 is 20.1 Å². The standard InChI is InChI=1S/C24H20BrN5O2.C5H9ClO2/c25-18-3-1-4-19(13-18)29-24-17(15-26)16-27-22-7-6-20(14-21(22)24)28-23(31)5-2-8-30-9-11-32-12-10-30;1-4(2)3-8-5(6)7/h1,3-4,6-7,13-14,16H,8-12H2,(H,27,29)(H,28,31);4H,3H2,1-2H3. The lowest BCUT2D eigenvalue weighted by Gasteiger charge is -2.24. The number of nitriles is 1. The number of nitrogens with zero attached hydrogens (tertiary/aromatic N) is 3. The molecule has 9 nitrogen and oxygen atoms in total. The quantitative estimate of drug-likeness (QED) is 0.257. The Morgan fingerprint density at radius 3 is 2.62 bits per heavy atom. The van der Waals surface area contributed by atoms with Crippen LogP contribution in [0.15, 0.2) is 53.1 Å². The highest BCUT2D eigenvalue weighted by atomic mass is 79.9. The first kappa shape index (κ1) is 30.9. The molecular formula is C29H29BrClN5O4. The third-order valence-electron chi connectivity index (χ3n) is 5.48. The van der Waals surface area contributed by atoms with Crippen molar-refractivity contribution in [3.8, 4) is 17.9 Å². The molecule has 4 rings (SSSR count). The number of morpholine rings is 1. The number of aromatic nitrogens is 1. The van der Waals surface area contributed by atoms with Gasteiger partial charge in [0.05, 0.1) is 43.1 Å². The van der Waals surface area contributed by atoms with Gasteiger partial charge in [-0.2, -0.15) is 5.26 Å². The van der Waals surface area contributed by atoms with Crippen LogP contribution in [0.1, 0.15) is 19.4 Å². The van der Waals surface area contributed by atoms with Gasteiger partial charge in [0.1, 0.15) is 6.07 Å². The zero-order valence-corrected chi connectivity index (χ0v) is 24.5. The van der Waals surface area contributed by atoms with E-state index in [0.717, 1.165) is 28.6 Å². The smallest absolute Gasteiger partial charge is 0.403 e. The molecule has 0 radical (unpaired) electrons. The van der Waals surface area contributed by atoms with Gasteiger partial charge in [-0.25, -0.2) is 4.79 Å². The molecule has 0 spiro atoms. The highest BCUT2D eigenvalue weighted by Crippen LogP contribution is 2.31. The van der Waals surface area contributed by atoms with Gasteiger partial charge in [0.15, 0.2) is 0 Å². The van der Waals surface area contributed by atoms with Gasteiger partial charge in [-0.15, -0.1) is 0 Å². The van der Waals surface area contributed by atoms with Crippen molar-refractivity contribution in [2.24, 2.45) is 5.92 Å². The predicted molar refractivity (Wildman–Crippen MR) is 160 cm³/mol. The van der Waals surface area contributed by atoms with Crippen molar-refractivity contribution >= 4 is 66.8 Å². The van der Waals surface area contributed by atoms with Crippen molar-refractivity contribution in [1.82, 2.24) is 9.88 Å². The van der Waals surface area contributed by atoms with E-state index in [0.29, 0.717) is 54.7 Å². The van der Waals surface area contributed by atoms with Crippen LogP contribution in [0.2, 0.25) is 0 Å². The van der Waals surface area contributed by atoms with E-state index in [-0.39, 0.29) is 5.91 Å². The molecule has 2 heterocycles. The molecule has 1 aliphatic rings. The monoisotopic (exact) mass is 625 g/mol. The zero-order chi connectivity index (χ0) is 28.9. The minimum atomic E-state index is -0.723. The predicted octanol–water partition coefficient (Wildman–Crippen LogP) is 5.90. The van der Waals surface area contributed by atoms with E-state index in [2.05, 4.69) is 59.1 Å². The first-order valence-corrected chi connectivity index (χ1v) is 13.7. The first-order chi connectivity index (χ1) is 19.2. The number of rotatable bonds is 6. The Morgan fingerprint density at radius 1 is 1.20 bits per heavy atom. The van der Waals surface area contributed by atoms with Crippen LogP contribution in [-0.2, 0) is 14.3 Å². The summed E-state index contributed by atoms with van der Waals surface area (Å²) in [6, 6.07) is 15.2. The maximum atomic E-state index is 12.3. The highest BCUT2D eigenvalue weighted by Gasteiger charge is 2.12. The van der Waals surface area contributed by atoms with Crippen LogP contribution in [0.5, 0.6) is 0 Å². The van der Waals surface area contributed by atoms with Crippen molar-refractivity contribution < 1.29 is 19.1 Å². The number of carbonyl (C=O) groups is 2. The van der Waals surface area contributed by atoms with Crippen LogP contribution >= 0.6 is 27.5 Å². The lowest BCUT2D eigenvalue weighted by atomic mass is 10.1. The Labute approximate surface area is 246 Å². The van der Waals surface area contributed by atoms with Crippen molar-refractivity contribution in [3.63, 3.8) is 0 Å². The largest absolute Gasteiger partial charge is 0.453 e. The molecule has 0 aliphatic carbocycles. The van der Waals surface area contributed by atoms with Crippen molar-refractivity contribution in [2.45, 2.75) is 13.8 Å². The number of benzene rings is 2. The molecule has 1 aliphatic heterocycles. The molecule has 1 amide bonds. The van der Waals surface area contributed by atoms with Crippen molar-refractivity contribution in [3.05, 3.63) is 58.7 Å². The minimum Gasteiger partial charge on any atom is -0.453 e. The lowest BCUT2D eigenvalue weighted by Crippen LogP contribution is -2.36. The maximum absolute atomic E-state index is 12.3. The molecule has 1 saturated heterocycles. The van der Waals surface area contributed by atoms with E-state index in [9.17, 15) is 14.9 Å². The van der Waals surface area contributed by atoms with E-state index in [1.807, 2.05) is 38.1 Å². The normalized spacial score (nSPS) is 12.8. The van der Waals surface area contributed by atoms with E-state index >= 15 is 0 Å². The Hall–Kier alpha value is -3.67. The molecule has 0 bridgehead atoms. The number of pyridine rings is 1. The summed E-state index contributed by atoms with van der Waals surface area (Å²) in [7, 11) is 0. The van der Waals surface area contributed by atoms with Crippen LogP contribution in [0.25, 0.3) is 10.9 Å². The molecule has 3 aromatic rings. The van der Waals surface area contributed by atoms with Gasteiger partial charge in [0.25, 0.3) is 5.91 Å². The number of amides is 1. The Bertz CT molecular complexity index is 1440. The van der Waals surface area contributed by atoms with Crippen LogP contribution in [-0.4, -0.2) is 60.7 Å². The fraction of sp³-hybridized carbons (Fsp3) is 0.310. The number of anilines is 3. The van der Waals surface area contributed by atoms with Crippen molar-refractivity contribution in [2.75, 3.05) is 50.1 Å². The molecule has 2 N–H and O–H groups in total. The average molecular weight is 627 g/mol. The Balaban J connectivity index is 0.000000482. The van der Waals surface area contributed by atoms with Gasteiger partial charge in [0.2, 0.25) is 0 Å². The van der Waals surface area contributed by atoms with E-state index in [4.69, 9.17) is 16.3 Å². The first-order valence-electron chi connectivity index (χ1n) is 12.5.